The maximum atomic E-state index is 3.84. The fourth-order valence-electron chi connectivity index (χ4n) is 9.90. The molecule has 57 heavy (non-hydrogen) atoms. The molecule has 2 heteroatoms. The molecule has 0 unspecified atom stereocenters. The molecule has 0 aliphatic heterocycles. The molecule has 0 atom stereocenters. The summed E-state index contributed by atoms with van der Waals surface area (Å²) in [5, 5.41) is 4.98. The van der Waals surface area contributed by atoms with Gasteiger partial charge in [0.25, 0.3) is 0 Å². The molecule has 0 radical (unpaired) electrons. The van der Waals surface area contributed by atoms with Crippen molar-refractivity contribution in [1.29, 1.82) is 0 Å². The minimum atomic E-state index is -0.428. The van der Waals surface area contributed by atoms with Crippen molar-refractivity contribution in [1.82, 2.24) is 9.55 Å². The molecule has 2 nitrogen and oxygen atoms in total. The van der Waals surface area contributed by atoms with Gasteiger partial charge in [0.15, 0.2) is 0 Å². The Morgan fingerprint density at radius 2 is 0.930 bits per heavy atom. The van der Waals surface area contributed by atoms with E-state index in [0.717, 1.165) is 16.7 Å². The number of aromatic nitrogens is 2. The van der Waals surface area contributed by atoms with Crippen LogP contribution < -0.4 is 0 Å². The molecule has 0 bridgehead atoms. The topological polar surface area (TPSA) is 20.7 Å². The van der Waals surface area contributed by atoms with Crippen LogP contribution in [0.25, 0.3) is 82.7 Å². The van der Waals surface area contributed by atoms with Gasteiger partial charge >= 0.3 is 0 Å². The van der Waals surface area contributed by atoms with E-state index >= 15 is 0 Å². The second-order valence-electron chi connectivity index (χ2n) is 15.4. The first-order chi connectivity index (χ1) is 28.3. The molecule has 0 saturated carbocycles. The monoisotopic (exact) mass is 724 g/mol. The van der Waals surface area contributed by atoms with E-state index in [0.29, 0.717) is 0 Å². The van der Waals surface area contributed by atoms with Gasteiger partial charge < -0.3 is 9.55 Å². The molecular formula is C55H36N2. The average Bonchev–Trinajstić information content (AvgIpc) is 3.92. The number of H-pyrrole nitrogens is 1. The number of rotatable bonds is 5. The van der Waals surface area contributed by atoms with E-state index in [2.05, 4.69) is 222 Å². The number of hydrogen-bond acceptors (Lipinski definition) is 0. The van der Waals surface area contributed by atoms with Crippen molar-refractivity contribution in [2.45, 2.75) is 5.41 Å². The lowest BCUT2D eigenvalue weighted by Crippen LogP contribution is -2.28. The van der Waals surface area contributed by atoms with Crippen molar-refractivity contribution < 1.29 is 0 Å². The zero-order valence-electron chi connectivity index (χ0n) is 31.2. The van der Waals surface area contributed by atoms with E-state index in [1.54, 1.807) is 0 Å². The van der Waals surface area contributed by atoms with Crippen molar-refractivity contribution in [2.24, 2.45) is 0 Å². The second kappa shape index (κ2) is 12.3. The van der Waals surface area contributed by atoms with Crippen LogP contribution in [0.1, 0.15) is 22.3 Å². The SMILES string of the molecule is c1ccc(-c2cccc(-n3c4ccccc4c4cc(-c5ccc6[nH]c7cc8c(cc7c6c5)-c5ccccc5C8(c5ccccc5)c5ccccc5)ccc43)c2)cc1. The summed E-state index contributed by atoms with van der Waals surface area (Å²) in [7, 11) is 0. The lowest BCUT2D eigenvalue weighted by Gasteiger charge is -2.33. The first kappa shape index (κ1) is 31.9. The molecule has 0 amide bonds. The molecule has 1 aliphatic carbocycles. The number of nitrogens with zero attached hydrogens (tertiary/aromatic N) is 1. The number of benzene rings is 9. The van der Waals surface area contributed by atoms with Gasteiger partial charge in [0.05, 0.1) is 16.4 Å². The Hall–Kier alpha value is -7.42. The zero-order valence-corrected chi connectivity index (χ0v) is 31.2. The van der Waals surface area contributed by atoms with Gasteiger partial charge in [-0.3, -0.25) is 0 Å². The van der Waals surface area contributed by atoms with E-state index in [9.17, 15) is 0 Å². The Kier molecular flexibility index (Phi) is 6.88. The highest BCUT2D eigenvalue weighted by Gasteiger charge is 2.46. The third-order valence-electron chi connectivity index (χ3n) is 12.4. The van der Waals surface area contributed by atoms with Crippen molar-refractivity contribution in [2.75, 3.05) is 0 Å². The predicted octanol–water partition coefficient (Wildman–Crippen LogP) is 14.1. The summed E-state index contributed by atoms with van der Waals surface area (Å²) >= 11 is 0. The summed E-state index contributed by atoms with van der Waals surface area (Å²) in [6.07, 6.45) is 0. The molecule has 1 N–H and O–H groups in total. The van der Waals surface area contributed by atoms with Gasteiger partial charge in [-0.05, 0) is 110 Å². The average molecular weight is 725 g/mol. The van der Waals surface area contributed by atoms with Gasteiger partial charge in [-0.2, -0.15) is 0 Å². The first-order valence-corrected chi connectivity index (χ1v) is 19.8. The molecule has 266 valence electrons. The third kappa shape index (κ3) is 4.65. The molecule has 11 aromatic rings. The number of aromatic amines is 1. The largest absolute Gasteiger partial charge is 0.355 e. The van der Waals surface area contributed by atoms with Gasteiger partial charge in [-0.1, -0.05) is 158 Å². The summed E-state index contributed by atoms with van der Waals surface area (Å²) < 4.78 is 2.41. The van der Waals surface area contributed by atoms with Crippen LogP contribution in [0.5, 0.6) is 0 Å². The van der Waals surface area contributed by atoms with Gasteiger partial charge in [-0.25, -0.2) is 0 Å². The van der Waals surface area contributed by atoms with Crippen molar-refractivity contribution in [3.05, 3.63) is 235 Å². The van der Waals surface area contributed by atoms with E-state index in [4.69, 9.17) is 0 Å². The van der Waals surface area contributed by atoms with Crippen LogP contribution in [0.15, 0.2) is 212 Å². The summed E-state index contributed by atoms with van der Waals surface area (Å²) in [4.78, 5) is 3.84. The minimum absolute atomic E-state index is 0.428. The molecule has 0 saturated heterocycles. The van der Waals surface area contributed by atoms with Crippen LogP contribution in [0.3, 0.4) is 0 Å². The Balaban J connectivity index is 1.03. The van der Waals surface area contributed by atoms with Gasteiger partial charge in [0.1, 0.15) is 0 Å². The number of nitrogens with one attached hydrogen (secondary N) is 1. The first-order valence-electron chi connectivity index (χ1n) is 19.8. The van der Waals surface area contributed by atoms with E-state index in [-0.39, 0.29) is 0 Å². The van der Waals surface area contributed by atoms with Crippen LogP contribution in [-0.4, -0.2) is 9.55 Å². The second-order valence-corrected chi connectivity index (χ2v) is 15.4. The van der Waals surface area contributed by atoms with Crippen LogP contribution in [0.2, 0.25) is 0 Å². The summed E-state index contributed by atoms with van der Waals surface area (Å²) in [6.45, 7) is 0. The molecule has 2 aromatic heterocycles. The predicted molar refractivity (Wildman–Crippen MR) is 238 cm³/mol. The molecular weight excluding hydrogens is 689 g/mol. The Morgan fingerprint density at radius 1 is 0.333 bits per heavy atom. The highest BCUT2D eigenvalue weighted by atomic mass is 15.0. The Bertz CT molecular complexity index is 3290. The van der Waals surface area contributed by atoms with Crippen molar-refractivity contribution >= 4 is 43.6 Å². The Morgan fingerprint density at radius 3 is 1.72 bits per heavy atom. The third-order valence-corrected chi connectivity index (χ3v) is 12.4. The van der Waals surface area contributed by atoms with Crippen LogP contribution in [0.4, 0.5) is 0 Å². The lowest BCUT2D eigenvalue weighted by molar-refractivity contribution is 0.769. The van der Waals surface area contributed by atoms with Gasteiger partial charge in [0.2, 0.25) is 0 Å². The fourth-order valence-corrected chi connectivity index (χ4v) is 9.90. The van der Waals surface area contributed by atoms with E-state index in [1.165, 1.54) is 88.2 Å². The van der Waals surface area contributed by atoms with E-state index < -0.39 is 5.41 Å². The smallest absolute Gasteiger partial charge is 0.0714 e. The quantitative estimate of drug-likeness (QED) is 0.182. The zero-order chi connectivity index (χ0) is 37.5. The van der Waals surface area contributed by atoms with Gasteiger partial charge in [-0.15, -0.1) is 0 Å². The maximum Gasteiger partial charge on any atom is 0.0714 e. The molecule has 2 heterocycles. The summed E-state index contributed by atoms with van der Waals surface area (Å²) in [6, 6.07) is 78.1. The normalized spacial score (nSPS) is 13.1. The minimum Gasteiger partial charge on any atom is -0.355 e. The highest BCUT2D eigenvalue weighted by Crippen LogP contribution is 2.57. The lowest BCUT2D eigenvalue weighted by atomic mass is 9.67. The molecule has 1 aliphatic rings. The number of para-hydroxylation sites is 1. The maximum absolute atomic E-state index is 3.84. The van der Waals surface area contributed by atoms with Crippen molar-refractivity contribution in [3.63, 3.8) is 0 Å². The highest BCUT2D eigenvalue weighted by molar-refractivity contribution is 6.13. The van der Waals surface area contributed by atoms with Crippen LogP contribution >= 0.6 is 0 Å². The van der Waals surface area contributed by atoms with Crippen molar-refractivity contribution in [3.8, 4) is 39.1 Å². The van der Waals surface area contributed by atoms with Gasteiger partial charge in [0, 0.05) is 38.3 Å². The number of fused-ring (bicyclic) bond motifs is 9. The van der Waals surface area contributed by atoms with E-state index in [1.807, 2.05) is 0 Å². The molecule has 9 aromatic carbocycles. The standard InChI is InChI=1S/C55H36N2/c1-4-15-36(16-5-1)37-17-14-22-42(31-37)57-53-26-13-11-24-44(53)48-33-39(28-30-54(48)57)38-27-29-51-46(32-38)47-34-45-43-23-10-12-25-49(43)55(40-18-6-2-7-19-40,41-20-8-3-9-21-41)50(45)35-52(47)56-51/h1-35,56H. The summed E-state index contributed by atoms with van der Waals surface area (Å²) in [5.41, 5.74) is 18.1. The van der Waals surface area contributed by atoms with Crippen LogP contribution in [0, 0.1) is 0 Å². The molecule has 0 fully saturated rings. The molecule has 0 spiro atoms. The fraction of sp³-hybridized carbons (Fsp3) is 0.0182. The number of hydrogen-bond donors (Lipinski definition) is 1. The Labute approximate surface area is 330 Å². The van der Waals surface area contributed by atoms with Crippen LogP contribution in [-0.2, 0) is 5.41 Å². The summed E-state index contributed by atoms with van der Waals surface area (Å²) in [5.74, 6) is 0. The molecule has 12 rings (SSSR count).